The van der Waals surface area contributed by atoms with Gasteiger partial charge in [0.15, 0.2) is 11.5 Å². The van der Waals surface area contributed by atoms with Crippen LogP contribution in [0, 0.1) is 12.8 Å². The third kappa shape index (κ3) is 2.67. The number of aromatic nitrogens is 1. The Balaban J connectivity index is 1.57. The number of carbonyl (C=O) groups excluding carboxylic acids is 1. The number of amides is 1. The maximum atomic E-state index is 11.9. The molecule has 0 saturated carbocycles. The smallest absolute Gasteiger partial charge is 0.224 e. The van der Waals surface area contributed by atoms with Gasteiger partial charge in [-0.15, -0.1) is 0 Å². The highest BCUT2D eigenvalue weighted by molar-refractivity contribution is 5.79. The second-order valence-electron chi connectivity index (χ2n) is 5.26. The van der Waals surface area contributed by atoms with E-state index in [0.29, 0.717) is 18.9 Å². The average Bonchev–Trinajstić information content (AvgIpc) is 3.07. The summed E-state index contributed by atoms with van der Waals surface area (Å²) in [4.78, 5) is 16.3. The van der Waals surface area contributed by atoms with E-state index in [4.69, 9.17) is 4.42 Å². The Morgan fingerprint density at radius 2 is 2.45 bits per heavy atom. The highest BCUT2D eigenvalue weighted by Crippen LogP contribution is 2.18. The predicted molar refractivity (Wildman–Crippen MR) is 76.4 cm³/mol. The fourth-order valence-corrected chi connectivity index (χ4v) is 2.55. The van der Waals surface area contributed by atoms with Crippen LogP contribution in [0.15, 0.2) is 22.6 Å². The van der Waals surface area contributed by atoms with E-state index in [9.17, 15) is 4.79 Å². The van der Waals surface area contributed by atoms with Gasteiger partial charge >= 0.3 is 0 Å². The number of nitrogens with one attached hydrogen (secondary N) is 2. The quantitative estimate of drug-likeness (QED) is 0.883. The lowest BCUT2D eigenvalue weighted by molar-refractivity contribution is -0.124. The van der Waals surface area contributed by atoms with Gasteiger partial charge in [0.2, 0.25) is 5.91 Å². The number of fused-ring (bicyclic) bond motifs is 1. The molecular formula is C15H19N3O2. The third-order valence-corrected chi connectivity index (χ3v) is 3.73. The van der Waals surface area contributed by atoms with Crippen LogP contribution in [0.5, 0.6) is 0 Å². The summed E-state index contributed by atoms with van der Waals surface area (Å²) >= 11 is 0. The molecule has 1 aliphatic rings. The first-order valence-electron chi connectivity index (χ1n) is 7.07. The predicted octanol–water partition coefficient (Wildman–Crippen LogP) is 1.40. The Hall–Kier alpha value is -1.88. The molecule has 1 aromatic carbocycles. The molecule has 1 aromatic heterocycles. The molecule has 0 spiro atoms. The number of hydrogen-bond donors (Lipinski definition) is 2. The number of para-hydroxylation sites is 1. The largest absolute Gasteiger partial charge is 0.441 e. The van der Waals surface area contributed by atoms with Gasteiger partial charge in [-0.1, -0.05) is 12.1 Å². The van der Waals surface area contributed by atoms with Gasteiger partial charge < -0.3 is 15.1 Å². The topological polar surface area (TPSA) is 67.2 Å². The average molecular weight is 273 g/mol. The number of hydrogen-bond acceptors (Lipinski definition) is 4. The summed E-state index contributed by atoms with van der Waals surface area (Å²) in [5, 5.41) is 6.15. The lowest BCUT2D eigenvalue weighted by atomic mass is 10.1. The van der Waals surface area contributed by atoms with Crippen molar-refractivity contribution in [3.8, 4) is 0 Å². The fourth-order valence-electron chi connectivity index (χ4n) is 2.55. The molecule has 106 valence electrons. The number of oxazole rings is 1. The van der Waals surface area contributed by atoms with E-state index >= 15 is 0 Å². The van der Waals surface area contributed by atoms with E-state index in [1.165, 1.54) is 0 Å². The molecular weight excluding hydrogens is 254 g/mol. The SMILES string of the molecule is Cc1cccc2oc(CCNC(=O)[C@H]3CCNC3)nc12. The van der Waals surface area contributed by atoms with Crippen molar-refractivity contribution in [3.63, 3.8) is 0 Å². The molecule has 1 saturated heterocycles. The Bertz CT molecular complexity index is 615. The molecule has 1 amide bonds. The van der Waals surface area contributed by atoms with Gasteiger partial charge in [0, 0.05) is 19.5 Å². The third-order valence-electron chi connectivity index (χ3n) is 3.73. The first kappa shape index (κ1) is 13.1. The summed E-state index contributed by atoms with van der Waals surface area (Å²) in [6.45, 7) is 4.31. The summed E-state index contributed by atoms with van der Waals surface area (Å²) < 4.78 is 5.68. The Morgan fingerprint density at radius 3 is 3.20 bits per heavy atom. The molecule has 5 heteroatoms. The maximum absolute atomic E-state index is 11.9. The lowest BCUT2D eigenvalue weighted by Crippen LogP contribution is -2.33. The van der Waals surface area contributed by atoms with Crippen LogP contribution in [0.4, 0.5) is 0 Å². The van der Waals surface area contributed by atoms with E-state index < -0.39 is 0 Å². The van der Waals surface area contributed by atoms with Crippen molar-refractivity contribution in [2.24, 2.45) is 5.92 Å². The van der Waals surface area contributed by atoms with Crippen molar-refractivity contribution in [2.45, 2.75) is 19.8 Å². The van der Waals surface area contributed by atoms with Crippen LogP contribution in [0.25, 0.3) is 11.1 Å². The minimum absolute atomic E-state index is 0.112. The van der Waals surface area contributed by atoms with E-state index in [1.54, 1.807) is 0 Å². The molecule has 0 aliphatic carbocycles. The van der Waals surface area contributed by atoms with Crippen LogP contribution < -0.4 is 10.6 Å². The van der Waals surface area contributed by atoms with Gasteiger partial charge in [-0.25, -0.2) is 4.98 Å². The van der Waals surface area contributed by atoms with Gasteiger partial charge in [-0.3, -0.25) is 4.79 Å². The first-order valence-corrected chi connectivity index (χ1v) is 7.07. The van der Waals surface area contributed by atoms with Crippen molar-refractivity contribution in [1.82, 2.24) is 15.6 Å². The second-order valence-corrected chi connectivity index (χ2v) is 5.26. The van der Waals surface area contributed by atoms with Crippen molar-refractivity contribution in [3.05, 3.63) is 29.7 Å². The van der Waals surface area contributed by atoms with E-state index in [2.05, 4.69) is 15.6 Å². The zero-order chi connectivity index (χ0) is 13.9. The molecule has 1 atom stereocenters. The van der Waals surface area contributed by atoms with Crippen LogP contribution in [0.2, 0.25) is 0 Å². The van der Waals surface area contributed by atoms with Crippen LogP contribution in [0.3, 0.4) is 0 Å². The zero-order valence-electron chi connectivity index (χ0n) is 11.6. The van der Waals surface area contributed by atoms with Gasteiger partial charge in [-0.2, -0.15) is 0 Å². The monoisotopic (exact) mass is 273 g/mol. The summed E-state index contributed by atoms with van der Waals surface area (Å²) in [5.74, 6) is 0.919. The van der Waals surface area contributed by atoms with Crippen molar-refractivity contribution >= 4 is 17.0 Å². The molecule has 1 aliphatic heterocycles. The molecule has 0 bridgehead atoms. The maximum Gasteiger partial charge on any atom is 0.224 e. The summed E-state index contributed by atoms with van der Waals surface area (Å²) in [7, 11) is 0. The van der Waals surface area contributed by atoms with Crippen molar-refractivity contribution < 1.29 is 9.21 Å². The lowest BCUT2D eigenvalue weighted by Gasteiger charge is -2.08. The molecule has 2 aromatic rings. The van der Waals surface area contributed by atoms with Gasteiger partial charge in [-0.05, 0) is 31.5 Å². The van der Waals surface area contributed by atoms with Crippen molar-refractivity contribution in [1.29, 1.82) is 0 Å². The van der Waals surface area contributed by atoms with Gasteiger partial charge in [0.1, 0.15) is 5.52 Å². The summed E-state index contributed by atoms with van der Waals surface area (Å²) in [5.41, 5.74) is 2.83. The molecule has 0 unspecified atom stereocenters. The van der Waals surface area contributed by atoms with Crippen LogP contribution in [-0.2, 0) is 11.2 Å². The van der Waals surface area contributed by atoms with Crippen LogP contribution >= 0.6 is 0 Å². The molecule has 20 heavy (non-hydrogen) atoms. The van der Waals surface area contributed by atoms with Gasteiger partial charge in [0.25, 0.3) is 0 Å². The van der Waals surface area contributed by atoms with Gasteiger partial charge in [0.05, 0.1) is 5.92 Å². The minimum atomic E-state index is 0.112. The minimum Gasteiger partial charge on any atom is -0.441 e. The Kier molecular flexibility index (Phi) is 3.69. The molecule has 0 radical (unpaired) electrons. The number of nitrogens with zero attached hydrogens (tertiary/aromatic N) is 1. The summed E-state index contributed by atoms with van der Waals surface area (Å²) in [6.07, 6.45) is 1.55. The number of benzene rings is 1. The van der Waals surface area contributed by atoms with Crippen LogP contribution in [0.1, 0.15) is 17.9 Å². The summed E-state index contributed by atoms with van der Waals surface area (Å²) in [6, 6.07) is 5.90. The van der Waals surface area contributed by atoms with E-state index in [0.717, 1.165) is 36.2 Å². The normalized spacial score (nSPS) is 18.6. The first-order chi connectivity index (χ1) is 9.74. The van der Waals surface area contributed by atoms with E-state index in [-0.39, 0.29) is 11.8 Å². The highest BCUT2D eigenvalue weighted by Gasteiger charge is 2.21. The molecule has 1 fully saturated rings. The van der Waals surface area contributed by atoms with Crippen LogP contribution in [-0.4, -0.2) is 30.5 Å². The molecule has 2 N–H and O–H groups in total. The van der Waals surface area contributed by atoms with E-state index in [1.807, 2.05) is 25.1 Å². The molecule has 5 nitrogen and oxygen atoms in total. The number of rotatable bonds is 4. The Morgan fingerprint density at radius 1 is 1.55 bits per heavy atom. The van der Waals surface area contributed by atoms with Crippen molar-refractivity contribution in [2.75, 3.05) is 19.6 Å². The molecule has 3 rings (SSSR count). The standard InChI is InChI=1S/C15H19N3O2/c1-10-3-2-4-12-14(10)18-13(20-12)6-8-17-15(19)11-5-7-16-9-11/h2-4,11,16H,5-9H2,1H3,(H,17,19)/t11-/m0/s1. The second kappa shape index (κ2) is 5.63. The highest BCUT2D eigenvalue weighted by atomic mass is 16.3. The fraction of sp³-hybridized carbons (Fsp3) is 0.467. The Labute approximate surface area is 117 Å². The molecule has 2 heterocycles. The number of aryl methyl sites for hydroxylation is 1. The zero-order valence-corrected chi connectivity index (χ0v) is 11.6. The number of carbonyl (C=O) groups is 1.